The Morgan fingerprint density at radius 3 is 0.864 bits per heavy atom. The molecule has 0 saturated heterocycles. The fourth-order valence-corrected chi connectivity index (χ4v) is 5.36. The third kappa shape index (κ3) is 24.2. The summed E-state index contributed by atoms with van der Waals surface area (Å²) in [6, 6.07) is 1.65. The van der Waals surface area contributed by atoms with Crippen LogP contribution in [0, 0.1) is 23.7 Å². The molecule has 340 valence electrons. The van der Waals surface area contributed by atoms with E-state index >= 15 is 0 Å². The number of carbonyl (C=O) groups excluding carboxylic acids is 1. The summed E-state index contributed by atoms with van der Waals surface area (Å²) < 4.78 is 7.69. The lowest BCUT2D eigenvalue weighted by Crippen LogP contribution is -2.13. The first kappa shape index (κ1) is 57.3. The van der Waals surface area contributed by atoms with Gasteiger partial charge in [-0.25, -0.2) is 18.7 Å². The molecule has 13 nitrogen and oxygen atoms in total. The van der Waals surface area contributed by atoms with Crippen LogP contribution in [0.2, 0.25) is 0 Å². The zero-order valence-corrected chi connectivity index (χ0v) is 42.2. The van der Waals surface area contributed by atoms with Crippen LogP contribution >= 0.6 is 0 Å². The van der Waals surface area contributed by atoms with Crippen molar-refractivity contribution in [1.29, 1.82) is 0 Å². The smallest absolute Gasteiger partial charge is 0.137 e. The number of hydrogen-bond donors (Lipinski definition) is 0. The fraction of sp³-hybridized carbons (Fsp3) is 0.804. The second-order valence-corrected chi connectivity index (χ2v) is 19.2. The lowest BCUT2D eigenvalue weighted by atomic mass is 9.99. The van der Waals surface area contributed by atoms with Gasteiger partial charge in [0.1, 0.15) is 5.78 Å². The molecule has 0 aliphatic carbocycles. The average molecular weight is 827 g/mol. The monoisotopic (exact) mass is 827 g/mol. The molecular weight excluding hydrogens is 737 g/mol. The highest BCUT2D eigenvalue weighted by Crippen LogP contribution is 2.17. The van der Waals surface area contributed by atoms with E-state index in [1.165, 1.54) is 17.8 Å². The quantitative estimate of drug-likeness (QED) is 0.136. The molecule has 13 heteroatoms. The highest BCUT2D eigenvalue weighted by atomic mass is 16.1. The molecule has 0 unspecified atom stereocenters. The van der Waals surface area contributed by atoms with Crippen molar-refractivity contribution in [3.8, 4) is 0 Å². The molecule has 0 spiro atoms. The molecule has 4 aromatic heterocycles. The Morgan fingerprint density at radius 2 is 0.746 bits per heavy atom. The minimum atomic E-state index is 0.204. The van der Waals surface area contributed by atoms with Crippen LogP contribution in [0.5, 0.6) is 0 Å². The summed E-state index contributed by atoms with van der Waals surface area (Å²) in [6.07, 6.45) is 9.06. The first-order valence-corrected chi connectivity index (χ1v) is 22.3. The normalized spacial score (nSPS) is 11.3. The molecule has 0 saturated carbocycles. The Morgan fingerprint density at radius 1 is 0.441 bits per heavy atom. The Kier molecular flexibility index (Phi) is 28.6. The zero-order valence-electron chi connectivity index (χ0n) is 42.2. The van der Waals surface area contributed by atoms with Gasteiger partial charge in [0.2, 0.25) is 0 Å². The van der Waals surface area contributed by atoms with Crippen LogP contribution in [-0.2, 0) is 4.79 Å². The topological polar surface area (TPSA) is 140 Å². The van der Waals surface area contributed by atoms with Crippen molar-refractivity contribution in [2.24, 2.45) is 23.7 Å². The van der Waals surface area contributed by atoms with Crippen LogP contribution in [0.25, 0.3) is 0 Å². The average Bonchev–Trinajstić information content (AvgIpc) is 3.95. The van der Waals surface area contributed by atoms with Crippen molar-refractivity contribution in [2.45, 2.75) is 220 Å². The van der Waals surface area contributed by atoms with Gasteiger partial charge in [-0.3, -0.25) is 4.79 Å². The summed E-state index contributed by atoms with van der Waals surface area (Å²) in [6.45, 7) is 50.7. The number of hydrogen-bond acceptors (Lipinski definition) is 9. The Labute approximate surface area is 361 Å². The summed E-state index contributed by atoms with van der Waals surface area (Å²) in [5, 5.41) is 31.9. The second-order valence-electron chi connectivity index (χ2n) is 19.2. The summed E-state index contributed by atoms with van der Waals surface area (Å²) in [7, 11) is 0. The standard InChI is InChI=1S/4C8H15N3.C7H14O.C7H16/c2*1-6(2)8-5-11(7(3)4)10-9-8;2*1-6(2)8-5-9-10-11(8)7(3)4;1-5(2)7(8)6(3)4;1-6(2)5-7(3)4/h4*5-7H,1-4H3;5-6H,1-4H3;6-7H,5H2,1-4H3. The predicted molar refractivity (Wildman–Crippen MR) is 247 cm³/mol. The van der Waals surface area contributed by atoms with Gasteiger partial charge in [0.05, 0.1) is 35.2 Å². The van der Waals surface area contributed by atoms with E-state index in [0.29, 0.717) is 53.6 Å². The first-order chi connectivity index (χ1) is 27.1. The zero-order chi connectivity index (χ0) is 46.3. The van der Waals surface area contributed by atoms with Crippen LogP contribution < -0.4 is 0 Å². The van der Waals surface area contributed by atoms with E-state index in [0.717, 1.165) is 23.2 Å². The molecule has 0 atom stereocenters. The number of nitrogens with zero attached hydrogens (tertiary/aromatic N) is 12. The number of rotatable bonds is 12. The molecule has 0 aromatic carbocycles. The lowest BCUT2D eigenvalue weighted by molar-refractivity contribution is -0.124. The van der Waals surface area contributed by atoms with Crippen molar-refractivity contribution < 1.29 is 4.79 Å². The van der Waals surface area contributed by atoms with E-state index < -0.39 is 0 Å². The Balaban J connectivity index is 0. The van der Waals surface area contributed by atoms with E-state index in [2.05, 4.69) is 180 Å². The highest BCUT2D eigenvalue weighted by Gasteiger charge is 2.12. The van der Waals surface area contributed by atoms with Gasteiger partial charge in [0.15, 0.2) is 0 Å². The lowest BCUT2D eigenvalue weighted by Gasteiger charge is -2.10. The van der Waals surface area contributed by atoms with Crippen LogP contribution in [-0.4, -0.2) is 65.8 Å². The summed E-state index contributed by atoms with van der Waals surface area (Å²) in [5.41, 5.74) is 4.55. The van der Waals surface area contributed by atoms with Crippen LogP contribution in [0.3, 0.4) is 0 Å². The molecule has 0 fully saturated rings. The van der Waals surface area contributed by atoms with Crippen LogP contribution in [0.15, 0.2) is 24.8 Å². The number of Topliss-reactive ketones (excluding diaryl/α,β-unsaturated/α-hetero) is 1. The minimum absolute atomic E-state index is 0.204. The van der Waals surface area contributed by atoms with Crippen molar-refractivity contribution in [3.05, 3.63) is 47.6 Å². The van der Waals surface area contributed by atoms with E-state index in [1.807, 2.05) is 71.2 Å². The summed E-state index contributed by atoms with van der Waals surface area (Å²) >= 11 is 0. The maximum Gasteiger partial charge on any atom is 0.137 e. The molecule has 0 aliphatic rings. The minimum Gasteiger partial charge on any atom is -0.299 e. The fourth-order valence-electron chi connectivity index (χ4n) is 5.36. The van der Waals surface area contributed by atoms with Crippen molar-refractivity contribution in [3.63, 3.8) is 0 Å². The molecular formula is C46H90N12O. The number of carbonyl (C=O) groups is 1. The molecule has 0 aliphatic heterocycles. The third-order valence-corrected chi connectivity index (χ3v) is 8.74. The highest BCUT2D eigenvalue weighted by molar-refractivity contribution is 5.82. The Hall–Kier alpha value is -3.77. The largest absolute Gasteiger partial charge is 0.299 e. The SMILES string of the molecule is CC(C)C(=O)C(C)C.CC(C)CC(C)C.CC(C)c1cn(C(C)C)nn1.CC(C)c1cn(C(C)C)nn1.CC(C)c1cnnn1C(C)C.CC(C)c1cnnn1C(C)C. The third-order valence-electron chi connectivity index (χ3n) is 8.74. The maximum atomic E-state index is 10.8. The van der Waals surface area contributed by atoms with Crippen molar-refractivity contribution >= 4 is 5.78 Å². The molecule has 0 bridgehead atoms. The molecule has 0 radical (unpaired) electrons. The van der Waals surface area contributed by atoms with E-state index in [-0.39, 0.29) is 11.8 Å². The number of ketones is 1. The second kappa shape index (κ2) is 29.5. The molecule has 4 rings (SSSR count). The van der Waals surface area contributed by atoms with Crippen molar-refractivity contribution in [2.75, 3.05) is 0 Å². The molecule has 4 aromatic rings. The van der Waals surface area contributed by atoms with Gasteiger partial charge >= 0.3 is 0 Å². The van der Waals surface area contributed by atoms with Gasteiger partial charge in [-0.05, 0) is 97.3 Å². The predicted octanol–water partition coefficient (Wildman–Crippen LogP) is 12.5. The van der Waals surface area contributed by atoms with Gasteiger partial charge in [0.25, 0.3) is 0 Å². The number of aromatic nitrogens is 12. The van der Waals surface area contributed by atoms with Gasteiger partial charge in [-0.15, -0.1) is 20.4 Å². The van der Waals surface area contributed by atoms with Gasteiger partial charge < -0.3 is 0 Å². The Bertz CT molecular complexity index is 1410. The maximum absolute atomic E-state index is 10.8. The summed E-state index contributed by atoms with van der Waals surface area (Å²) in [5.74, 6) is 4.47. The molecule has 59 heavy (non-hydrogen) atoms. The van der Waals surface area contributed by atoms with E-state index in [1.54, 1.807) is 0 Å². The molecule has 4 heterocycles. The van der Waals surface area contributed by atoms with Gasteiger partial charge in [-0.2, -0.15) is 0 Å². The molecule has 0 amide bonds. The van der Waals surface area contributed by atoms with E-state index in [4.69, 9.17) is 0 Å². The van der Waals surface area contributed by atoms with Crippen LogP contribution in [0.1, 0.15) is 243 Å². The van der Waals surface area contributed by atoms with Gasteiger partial charge in [-0.1, -0.05) is 132 Å². The summed E-state index contributed by atoms with van der Waals surface area (Å²) in [4.78, 5) is 10.8. The van der Waals surface area contributed by atoms with Gasteiger partial charge in [0, 0.05) is 48.4 Å². The van der Waals surface area contributed by atoms with Crippen LogP contribution in [0.4, 0.5) is 0 Å². The van der Waals surface area contributed by atoms with Crippen molar-refractivity contribution in [1.82, 2.24) is 60.0 Å². The van der Waals surface area contributed by atoms with E-state index in [9.17, 15) is 4.79 Å². The molecule has 0 N–H and O–H groups in total. The first-order valence-electron chi connectivity index (χ1n) is 22.3.